The van der Waals surface area contributed by atoms with Gasteiger partial charge >= 0.3 is 0 Å². The van der Waals surface area contributed by atoms with Crippen molar-refractivity contribution in [3.8, 4) is 0 Å². The van der Waals surface area contributed by atoms with E-state index >= 15 is 0 Å². The van der Waals surface area contributed by atoms with Crippen molar-refractivity contribution >= 4 is 17.7 Å². The third kappa shape index (κ3) is 5.59. The number of methoxy groups -OCH3 is 1. The molecule has 1 aliphatic rings. The molecule has 1 unspecified atom stereocenters. The Bertz CT molecular complexity index is 459. The van der Waals surface area contributed by atoms with Gasteiger partial charge in [0.1, 0.15) is 0 Å². The molecule has 21 heavy (non-hydrogen) atoms. The highest BCUT2D eigenvalue weighted by molar-refractivity contribution is 8.00. The lowest BCUT2D eigenvalue weighted by atomic mass is 10.1. The van der Waals surface area contributed by atoms with Crippen LogP contribution in [0.3, 0.4) is 0 Å². The third-order valence-electron chi connectivity index (χ3n) is 3.51. The van der Waals surface area contributed by atoms with Gasteiger partial charge in [-0.1, -0.05) is 24.3 Å². The molecule has 1 heterocycles. The first-order chi connectivity index (χ1) is 10.3. The highest BCUT2D eigenvalue weighted by Crippen LogP contribution is 2.25. The summed E-state index contributed by atoms with van der Waals surface area (Å²) in [6, 6.07) is 8.43. The number of thioether (sulfide) groups is 1. The molecule has 2 N–H and O–H groups in total. The van der Waals surface area contributed by atoms with Crippen LogP contribution >= 0.6 is 11.8 Å². The standard InChI is InChI=1S/C16H25N3OS/c1-17-16(19-11-15-7-4-8-21-15)18-10-13-5-3-6-14(9-13)12-20-2/h3,5-6,9,15H,4,7-8,10-12H2,1-2H3,(H2,17,18,19). The van der Waals surface area contributed by atoms with E-state index in [1.807, 2.05) is 7.05 Å². The van der Waals surface area contributed by atoms with Crippen molar-refractivity contribution in [2.75, 3.05) is 26.5 Å². The van der Waals surface area contributed by atoms with E-state index in [-0.39, 0.29) is 0 Å². The second-order valence-electron chi connectivity index (χ2n) is 5.19. The molecule has 0 radical (unpaired) electrons. The summed E-state index contributed by atoms with van der Waals surface area (Å²) in [7, 11) is 3.54. The quantitative estimate of drug-likeness (QED) is 0.626. The summed E-state index contributed by atoms with van der Waals surface area (Å²) in [5.41, 5.74) is 2.44. The van der Waals surface area contributed by atoms with Gasteiger partial charge in [0.05, 0.1) is 6.61 Å². The van der Waals surface area contributed by atoms with Gasteiger partial charge in [0, 0.05) is 32.5 Å². The maximum absolute atomic E-state index is 5.17. The lowest BCUT2D eigenvalue weighted by molar-refractivity contribution is 0.185. The predicted octanol–water partition coefficient (Wildman–Crippen LogP) is 2.39. The van der Waals surface area contributed by atoms with Gasteiger partial charge in [-0.3, -0.25) is 4.99 Å². The largest absolute Gasteiger partial charge is 0.380 e. The summed E-state index contributed by atoms with van der Waals surface area (Å²) in [4.78, 5) is 4.28. The van der Waals surface area contributed by atoms with E-state index < -0.39 is 0 Å². The average Bonchev–Trinajstić information content (AvgIpc) is 3.01. The number of nitrogens with zero attached hydrogens (tertiary/aromatic N) is 1. The first kappa shape index (κ1) is 16.2. The van der Waals surface area contributed by atoms with Gasteiger partial charge in [-0.25, -0.2) is 0 Å². The summed E-state index contributed by atoms with van der Waals surface area (Å²) < 4.78 is 5.17. The maximum Gasteiger partial charge on any atom is 0.191 e. The topological polar surface area (TPSA) is 45.7 Å². The lowest BCUT2D eigenvalue weighted by Crippen LogP contribution is -2.39. The number of guanidine groups is 1. The zero-order valence-electron chi connectivity index (χ0n) is 12.9. The Kier molecular flexibility index (Phi) is 6.89. The number of aliphatic imine (C=N–C) groups is 1. The summed E-state index contributed by atoms with van der Waals surface area (Å²) in [6.07, 6.45) is 2.66. The monoisotopic (exact) mass is 307 g/mol. The fourth-order valence-corrected chi connectivity index (χ4v) is 3.62. The first-order valence-corrected chi connectivity index (χ1v) is 8.49. The van der Waals surface area contributed by atoms with Crippen molar-refractivity contribution in [2.24, 2.45) is 4.99 Å². The SMILES string of the molecule is CN=C(NCc1cccc(COC)c1)NCC1CCCS1. The van der Waals surface area contributed by atoms with E-state index in [0.29, 0.717) is 6.61 Å². The molecule has 1 aromatic carbocycles. The molecule has 1 saturated heterocycles. The van der Waals surface area contributed by atoms with E-state index in [2.05, 4.69) is 51.7 Å². The minimum absolute atomic E-state index is 0.652. The number of nitrogens with one attached hydrogen (secondary N) is 2. The van der Waals surface area contributed by atoms with Crippen LogP contribution in [0, 0.1) is 0 Å². The highest BCUT2D eigenvalue weighted by atomic mass is 32.2. The third-order valence-corrected chi connectivity index (χ3v) is 4.91. The van der Waals surface area contributed by atoms with Crippen molar-refractivity contribution in [1.29, 1.82) is 0 Å². The fourth-order valence-electron chi connectivity index (χ4n) is 2.42. The molecule has 1 atom stereocenters. The Morgan fingerprint density at radius 2 is 2.24 bits per heavy atom. The van der Waals surface area contributed by atoms with Gasteiger partial charge in [-0.15, -0.1) is 0 Å². The van der Waals surface area contributed by atoms with Gasteiger partial charge in [0.15, 0.2) is 5.96 Å². The smallest absolute Gasteiger partial charge is 0.191 e. The molecule has 0 bridgehead atoms. The van der Waals surface area contributed by atoms with Crippen LogP contribution in [0.15, 0.2) is 29.3 Å². The molecular weight excluding hydrogens is 282 g/mol. The Balaban J connectivity index is 1.78. The Morgan fingerprint density at radius 1 is 1.38 bits per heavy atom. The van der Waals surface area contributed by atoms with Crippen LogP contribution in [0.5, 0.6) is 0 Å². The Morgan fingerprint density at radius 3 is 2.95 bits per heavy atom. The van der Waals surface area contributed by atoms with Crippen LogP contribution in [0.2, 0.25) is 0 Å². The fraction of sp³-hybridized carbons (Fsp3) is 0.562. The van der Waals surface area contributed by atoms with Gasteiger partial charge in [-0.05, 0) is 29.7 Å². The average molecular weight is 307 g/mol. The zero-order valence-corrected chi connectivity index (χ0v) is 13.7. The minimum Gasteiger partial charge on any atom is -0.380 e. The molecule has 1 aliphatic heterocycles. The van der Waals surface area contributed by atoms with Crippen LogP contribution in [0.1, 0.15) is 24.0 Å². The van der Waals surface area contributed by atoms with Crippen LogP contribution in [-0.4, -0.2) is 37.7 Å². The molecule has 1 aromatic rings. The molecule has 0 saturated carbocycles. The number of benzene rings is 1. The van der Waals surface area contributed by atoms with Gasteiger partial charge in [0.25, 0.3) is 0 Å². The number of rotatable bonds is 6. The normalized spacial score (nSPS) is 18.8. The summed E-state index contributed by atoms with van der Waals surface area (Å²) in [6.45, 7) is 2.42. The molecule has 4 nitrogen and oxygen atoms in total. The predicted molar refractivity (Wildman–Crippen MR) is 90.8 cm³/mol. The van der Waals surface area contributed by atoms with E-state index in [0.717, 1.165) is 24.3 Å². The number of hydrogen-bond donors (Lipinski definition) is 2. The molecule has 1 fully saturated rings. The zero-order chi connectivity index (χ0) is 14.9. The highest BCUT2D eigenvalue weighted by Gasteiger charge is 2.15. The molecule has 0 aromatic heterocycles. The van der Waals surface area contributed by atoms with Gasteiger partial charge in [-0.2, -0.15) is 11.8 Å². The van der Waals surface area contributed by atoms with E-state index in [9.17, 15) is 0 Å². The van der Waals surface area contributed by atoms with Crippen molar-refractivity contribution in [1.82, 2.24) is 10.6 Å². The van der Waals surface area contributed by atoms with E-state index in [1.165, 1.54) is 29.7 Å². The first-order valence-electron chi connectivity index (χ1n) is 7.44. The lowest BCUT2D eigenvalue weighted by Gasteiger charge is -2.15. The molecule has 0 aliphatic carbocycles. The van der Waals surface area contributed by atoms with Gasteiger partial charge in [0.2, 0.25) is 0 Å². The van der Waals surface area contributed by atoms with E-state index in [4.69, 9.17) is 4.74 Å². The molecule has 116 valence electrons. The van der Waals surface area contributed by atoms with Crippen LogP contribution in [0.25, 0.3) is 0 Å². The molecular formula is C16H25N3OS. The van der Waals surface area contributed by atoms with Crippen LogP contribution < -0.4 is 10.6 Å². The maximum atomic E-state index is 5.17. The minimum atomic E-state index is 0.652. The summed E-state index contributed by atoms with van der Waals surface area (Å²) >= 11 is 2.06. The van der Waals surface area contributed by atoms with Crippen LogP contribution in [-0.2, 0) is 17.9 Å². The number of ether oxygens (including phenoxy) is 1. The molecule has 5 heteroatoms. The van der Waals surface area contributed by atoms with Crippen molar-refractivity contribution in [2.45, 2.75) is 31.2 Å². The Hall–Kier alpha value is -1.20. The molecule has 2 rings (SSSR count). The van der Waals surface area contributed by atoms with Crippen molar-refractivity contribution in [3.05, 3.63) is 35.4 Å². The summed E-state index contributed by atoms with van der Waals surface area (Å²) in [5.74, 6) is 2.17. The summed E-state index contributed by atoms with van der Waals surface area (Å²) in [5, 5.41) is 7.51. The van der Waals surface area contributed by atoms with Crippen molar-refractivity contribution in [3.63, 3.8) is 0 Å². The van der Waals surface area contributed by atoms with Crippen LogP contribution in [0.4, 0.5) is 0 Å². The van der Waals surface area contributed by atoms with Crippen molar-refractivity contribution < 1.29 is 4.74 Å². The molecule has 0 amide bonds. The van der Waals surface area contributed by atoms with Gasteiger partial charge < -0.3 is 15.4 Å². The second kappa shape index (κ2) is 8.95. The van der Waals surface area contributed by atoms with E-state index in [1.54, 1.807) is 7.11 Å². The number of hydrogen-bond acceptors (Lipinski definition) is 3. The second-order valence-corrected chi connectivity index (χ2v) is 6.60. The molecule has 0 spiro atoms. The Labute approximate surface area is 131 Å².